The number of hydrogen-bond acceptors (Lipinski definition) is 4. The highest BCUT2D eigenvalue weighted by atomic mass is 16.2. The lowest BCUT2D eigenvalue weighted by atomic mass is 10.0. The number of aryl methyl sites for hydroxylation is 1. The Bertz CT molecular complexity index is 785. The fourth-order valence-corrected chi connectivity index (χ4v) is 3.03. The molecule has 21 heavy (non-hydrogen) atoms. The van der Waals surface area contributed by atoms with Crippen LogP contribution < -0.4 is 11.2 Å². The van der Waals surface area contributed by atoms with E-state index in [4.69, 9.17) is 0 Å². The third kappa shape index (κ3) is 2.31. The molecule has 0 radical (unpaired) electrons. The van der Waals surface area contributed by atoms with Gasteiger partial charge in [-0.15, -0.1) is 0 Å². The normalized spacial score (nSPS) is 20.2. The van der Waals surface area contributed by atoms with Crippen LogP contribution in [0.15, 0.2) is 9.59 Å². The minimum Gasteiger partial charge on any atom is -0.335 e. The Balaban J connectivity index is 2.02. The second kappa shape index (κ2) is 5.14. The lowest BCUT2D eigenvalue weighted by Gasteiger charge is -2.32. The van der Waals surface area contributed by atoms with Crippen molar-refractivity contribution < 1.29 is 0 Å². The van der Waals surface area contributed by atoms with Gasteiger partial charge in [-0.2, -0.15) is 0 Å². The Morgan fingerprint density at radius 3 is 2.71 bits per heavy atom. The van der Waals surface area contributed by atoms with Gasteiger partial charge in [0.25, 0.3) is 5.56 Å². The van der Waals surface area contributed by atoms with Crippen LogP contribution in [0.5, 0.6) is 0 Å². The largest absolute Gasteiger partial charge is 0.335 e. The molecule has 1 aliphatic heterocycles. The van der Waals surface area contributed by atoms with Crippen molar-refractivity contribution in [3.8, 4) is 0 Å². The van der Waals surface area contributed by atoms with Crippen molar-refractivity contribution >= 4 is 11.2 Å². The van der Waals surface area contributed by atoms with Crippen molar-refractivity contribution in [3.05, 3.63) is 26.7 Å². The smallest absolute Gasteiger partial charge is 0.332 e. The van der Waals surface area contributed by atoms with Gasteiger partial charge in [0.05, 0.1) is 6.54 Å². The average Bonchev–Trinajstić information content (AvgIpc) is 2.89. The lowest BCUT2D eigenvalue weighted by Crippen LogP contribution is -2.37. The van der Waals surface area contributed by atoms with Crippen LogP contribution in [-0.4, -0.2) is 36.6 Å². The van der Waals surface area contributed by atoms with E-state index in [1.165, 1.54) is 30.9 Å². The van der Waals surface area contributed by atoms with Crippen LogP contribution in [0.1, 0.15) is 32.0 Å². The molecule has 0 amide bonds. The van der Waals surface area contributed by atoms with E-state index in [1.807, 2.05) is 0 Å². The molecular formula is C14H21N5O2. The van der Waals surface area contributed by atoms with Crippen molar-refractivity contribution in [2.75, 3.05) is 6.54 Å². The van der Waals surface area contributed by atoms with Gasteiger partial charge in [-0.25, -0.2) is 9.78 Å². The Morgan fingerprint density at radius 2 is 2.00 bits per heavy atom. The predicted octanol–water partition coefficient (Wildman–Crippen LogP) is 0.335. The fraction of sp³-hybridized carbons (Fsp3) is 0.643. The summed E-state index contributed by atoms with van der Waals surface area (Å²) in [4.78, 5) is 34.0. The van der Waals surface area contributed by atoms with Gasteiger partial charge in [-0.3, -0.25) is 18.8 Å². The molecule has 1 aliphatic rings. The highest BCUT2D eigenvalue weighted by Crippen LogP contribution is 2.18. The predicted molar refractivity (Wildman–Crippen MR) is 80.3 cm³/mol. The number of aromatic nitrogens is 4. The summed E-state index contributed by atoms with van der Waals surface area (Å²) in [5, 5.41) is 0. The maximum absolute atomic E-state index is 12.1. The number of nitrogens with one attached hydrogen (secondary N) is 1. The molecule has 1 atom stereocenters. The van der Waals surface area contributed by atoms with Crippen molar-refractivity contribution in [2.24, 2.45) is 14.1 Å². The van der Waals surface area contributed by atoms with Crippen LogP contribution in [0.25, 0.3) is 11.2 Å². The summed E-state index contributed by atoms with van der Waals surface area (Å²) >= 11 is 0. The molecule has 7 nitrogen and oxygen atoms in total. The number of H-pyrrole nitrogens is 1. The van der Waals surface area contributed by atoms with Gasteiger partial charge in [0.1, 0.15) is 11.3 Å². The first kappa shape index (κ1) is 14.1. The number of aromatic amines is 1. The molecule has 7 heteroatoms. The van der Waals surface area contributed by atoms with E-state index >= 15 is 0 Å². The lowest BCUT2D eigenvalue weighted by molar-refractivity contribution is 0.149. The minimum atomic E-state index is -0.350. The molecule has 1 N–H and O–H groups in total. The van der Waals surface area contributed by atoms with E-state index in [-0.39, 0.29) is 11.2 Å². The SMILES string of the molecule is C[C@H]1CCCCN1Cc1nc2c([nH]1)c(=O)n(C)c(=O)n2C. The van der Waals surface area contributed by atoms with Crippen LogP contribution in [0.3, 0.4) is 0 Å². The standard InChI is InChI=1S/C14H21N5O2/c1-9-6-4-5-7-19(9)8-10-15-11-12(16-10)17(2)14(21)18(3)13(11)20/h9H,4-8H2,1-3H3,(H,15,16)/t9-/m0/s1. The molecule has 0 unspecified atom stereocenters. The summed E-state index contributed by atoms with van der Waals surface area (Å²) in [6.07, 6.45) is 3.66. The summed E-state index contributed by atoms with van der Waals surface area (Å²) < 4.78 is 2.52. The fourth-order valence-electron chi connectivity index (χ4n) is 3.03. The molecule has 2 aromatic heterocycles. The van der Waals surface area contributed by atoms with Crippen LogP contribution in [0.2, 0.25) is 0 Å². The van der Waals surface area contributed by atoms with Gasteiger partial charge >= 0.3 is 5.69 Å². The molecule has 114 valence electrons. The molecule has 0 aromatic carbocycles. The van der Waals surface area contributed by atoms with Gasteiger partial charge in [0.15, 0.2) is 5.65 Å². The summed E-state index contributed by atoms with van der Waals surface area (Å²) in [5.74, 6) is 0.747. The third-order valence-electron chi connectivity index (χ3n) is 4.44. The molecule has 1 saturated heterocycles. The highest BCUT2D eigenvalue weighted by molar-refractivity contribution is 5.69. The van der Waals surface area contributed by atoms with E-state index in [0.29, 0.717) is 23.8 Å². The van der Waals surface area contributed by atoms with Gasteiger partial charge in [0.2, 0.25) is 0 Å². The number of nitrogens with zero attached hydrogens (tertiary/aromatic N) is 4. The molecule has 3 rings (SSSR count). The quantitative estimate of drug-likeness (QED) is 0.865. The van der Waals surface area contributed by atoms with Crippen LogP contribution in [0.4, 0.5) is 0 Å². The number of likely N-dealkylation sites (tertiary alicyclic amines) is 1. The van der Waals surface area contributed by atoms with E-state index in [9.17, 15) is 9.59 Å². The zero-order valence-electron chi connectivity index (χ0n) is 12.7. The molecule has 0 bridgehead atoms. The van der Waals surface area contributed by atoms with E-state index < -0.39 is 0 Å². The molecule has 0 spiro atoms. The maximum atomic E-state index is 12.1. The first-order valence-electron chi connectivity index (χ1n) is 7.37. The van der Waals surface area contributed by atoms with Gasteiger partial charge < -0.3 is 4.98 Å². The number of imidazole rings is 1. The van der Waals surface area contributed by atoms with Gasteiger partial charge in [0, 0.05) is 20.1 Å². The second-order valence-electron chi connectivity index (χ2n) is 5.90. The van der Waals surface area contributed by atoms with Crippen LogP contribution in [-0.2, 0) is 20.6 Å². The summed E-state index contributed by atoms with van der Waals surface area (Å²) in [6.45, 7) is 3.96. The third-order valence-corrected chi connectivity index (χ3v) is 4.44. The van der Waals surface area contributed by atoms with Crippen LogP contribution in [0, 0.1) is 0 Å². The number of rotatable bonds is 2. The first-order chi connectivity index (χ1) is 9.99. The number of piperidine rings is 1. The zero-order valence-corrected chi connectivity index (χ0v) is 12.7. The highest BCUT2D eigenvalue weighted by Gasteiger charge is 2.20. The van der Waals surface area contributed by atoms with E-state index in [2.05, 4.69) is 21.8 Å². The second-order valence-corrected chi connectivity index (χ2v) is 5.90. The van der Waals surface area contributed by atoms with E-state index in [1.54, 1.807) is 7.05 Å². The molecular weight excluding hydrogens is 270 g/mol. The van der Waals surface area contributed by atoms with Crippen LogP contribution >= 0.6 is 0 Å². The molecule has 0 saturated carbocycles. The van der Waals surface area contributed by atoms with Gasteiger partial charge in [-0.05, 0) is 26.3 Å². The monoisotopic (exact) mass is 291 g/mol. The number of hydrogen-bond donors (Lipinski definition) is 1. The summed E-state index contributed by atoms with van der Waals surface area (Å²) in [7, 11) is 3.12. The van der Waals surface area contributed by atoms with Crippen molar-refractivity contribution in [3.63, 3.8) is 0 Å². The molecule has 2 aromatic rings. The Labute approximate surface area is 122 Å². The average molecular weight is 291 g/mol. The Hall–Kier alpha value is -1.89. The zero-order chi connectivity index (χ0) is 15.1. The van der Waals surface area contributed by atoms with E-state index in [0.717, 1.165) is 16.9 Å². The topological polar surface area (TPSA) is 75.9 Å². The van der Waals surface area contributed by atoms with Crippen molar-refractivity contribution in [1.82, 2.24) is 24.0 Å². The number of fused-ring (bicyclic) bond motifs is 1. The van der Waals surface area contributed by atoms with Crippen molar-refractivity contribution in [2.45, 2.75) is 38.8 Å². The minimum absolute atomic E-state index is 0.321. The molecule has 0 aliphatic carbocycles. The first-order valence-corrected chi connectivity index (χ1v) is 7.37. The Kier molecular flexibility index (Phi) is 3.44. The van der Waals surface area contributed by atoms with Gasteiger partial charge in [-0.1, -0.05) is 6.42 Å². The molecule has 3 heterocycles. The maximum Gasteiger partial charge on any atom is 0.332 e. The summed E-state index contributed by atoms with van der Waals surface area (Å²) in [6, 6.07) is 0.526. The summed E-state index contributed by atoms with van der Waals surface area (Å²) in [5.41, 5.74) is 0.164. The Morgan fingerprint density at radius 1 is 1.24 bits per heavy atom. The van der Waals surface area contributed by atoms with Crippen molar-refractivity contribution in [1.29, 1.82) is 0 Å². The molecule has 1 fully saturated rings.